The van der Waals surface area contributed by atoms with E-state index in [-0.39, 0.29) is 33.6 Å². The van der Waals surface area contributed by atoms with Crippen LogP contribution in [0.3, 0.4) is 0 Å². The number of hydrogen-bond acceptors (Lipinski definition) is 3. The second-order valence-corrected chi connectivity index (χ2v) is 9.68. The van der Waals surface area contributed by atoms with Crippen molar-refractivity contribution < 1.29 is 14.2 Å². The molecule has 3 rings (SSSR count). The Morgan fingerprint density at radius 1 is 1.36 bits per heavy atom. The minimum atomic E-state index is -0.575. The third-order valence-electron chi connectivity index (χ3n) is 5.10. The lowest BCUT2D eigenvalue weighted by Crippen LogP contribution is -2.45. The molecule has 8 atom stereocenters. The molecule has 3 aliphatic rings. The molecule has 3 unspecified atom stereocenters. The summed E-state index contributed by atoms with van der Waals surface area (Å²) in [7, 11) is 0. The van der Waals surface area contributed by atoms with Gasteiger partial charge in [-0.1, -0.05) is 60.6 Å². The van der Waals surface area contributed by atoms with Crippen LogP contribution >= 0.6 is 47.8 Å². The fraction of sp³-hybridized carbons (Fsp3) is 0.875. The monoisotopic (exact) mass is 498 g/mol. The molecule has 22 heavy (non-hydrogen) atoms. The van der Waals surface area contributed by atoms with Crippen molar-refractivity contribution in [3.05, 3.63) is 0 Å². The van der Waals surface area contributed by atoms with Gasteiger partial charge in [0.05, 0.1) is 22.6 Å². The van der Waals surface area contributed by atoms with E-state index in [9.17, 15) is 0 Å². The number of terminal acetylenes is 1. The molecule has 6 heteroatoms. The Kier molecular flexibility index (Phi) is 5.08. The van der Waals surface area contributed by atoms with E-state index in [2.05, 4.69) is 67.6 Å². The van der Waals surface area contributed by atoms with E-state index in [0.717, 1.165) is 25.7 Å². The number of hydrogen-bond donors (Lipinski definition) is 0. The zero-order valence-electron chi connectivity index (χ0n) is 12.7. The molecule has 3 aliphatic heterocycles. The van der Waals surface area contributed by atoms with Gasteiger partial charge < -0.3 is 14.2 Å². The zero-order valence-corrected chi connectivity index (χ0v) is 17.5. The maximum Gasteiger partial charge on any atom is 0.184 e. The highest BCUT2D eigenvalue weighted by Crippen LogP contribution is 2.54. The summed E-state index contributed by atoms with van der Waals surface area (Å²) in [6, 6.07) is 0. The van der Waals surface area contributed by atoms with Crippen molar-refractivity contribution in [1.29, 1.82) is 0 Å². The summed E-state index contributed by atoms with van der Waals surface area (Å²) < 4.78 is 19.0. The van der Waals surface area contributed by atoms with Crippen LogP contribution < -0.4 is 0 Å². The Morgan fingerprint density at radius 3 is 2.68 bits per heavy atom. The highest BCUT2D eigenvalue weighted by molar-refractivity contribution is 9.10. The van der Waals surface area contributed by atoms with Gasteiger partial charge in [-0.05, 0) is 19.8 Å². The molecule has 3 nitrogen and oxygen atoms in total. The van der Waals surface area contributed by atoms with Crippen LogP contribution in [0.25, 0.3) is 0 Å². The molecule has 3 saturated heterocycles. The Morgan fingerprint density at radius 2 is 2.09 bits per heavy atom. The van der Waals surface area contributed by atoms with Gasteiger partial charge in [0.15, 0.2) is 5.79 Å². The minimum absolute atomic E-state index is 0.00356. The quantitative estimate of drug-likeness (QED) is 0.430. The molecule has 3 heterocycles. The summed E-state index contributed by atoms with van der Waals surface area (Å²) in [5, 5.41) is 0. The third kappa shape index (κ3) is 2.74. The van der Waals surface area contributed by atoms with E-state index in [1.165, 1.54) is 0 Å². The SMILES string of the molecule is C#CC(Br)[C@H]1C[C@H]2OC3(CC[C@@](C)([C@@H](Br)CC)O3)C(Br)[C@H]2O1. The average Bonchev–Trinajstić information content (AvgIpc) is 3.14. The lowest BCUT2D eigenvalue weighted by atomic mass is 9.96. The van der Waals surface area contributed by atoms with Crippen molar-refractivity contribution in [1.82, 2.24) is 0 Å². The first kappa shape index (κ1) is 17.7. The van der Waals surface area contributed by atoms with Crippen LogP contribution in [0.15, 0.2) is 0 Å². The smallest absolute Gasteiger partial charge is 0.184 e. The molecule has 0 N–H and O–H groups in total. The summed E-state index contributed by atoms with van der Waals surface area (Å²) in [5.41, 5.74) is -0.199. The van der Waals surface area contributed by atoms with Crippen LogP contribution in [0.5, 0.6) is 0 Å². The second kappa shape index (κ2) is 6.31. The number of halogens is 3. The highest BCUT2D eigenvalue weighted by atomic mass is 79.9. The van der Waals surface area contributed by atoms with E-state index in [0.29, 0.717) is 4.83 Å². The summed E-state index contributed by atoms with van der Waals surface area (Å²) in [4.78, 5) is 0.287. The summed E-state index contributed by atoms with van der Waals surface area (Å²) in [5.74, 6) is 2.12. The van der Waals surface area contributed by atoms with Gasteiger partial charge in [0.2, 0.25) is 0 Å². The summed E-state index contributed by atoms with van der Waals surface area (Å²) in [6.07, 6.45) is 9.22. The topological polar surface area (TPSA) is 27.7 Å². The van der Waals surface area contributed by atoms with Crippen LogP contribution in [0.4, 0.5) is 0 Å². The second-order valence-electron chi connectivity index (χ2n) is 6.60. The molecule has 0 radical (unpaired) electrons. The highest BCUT2D eigenvalue weighted by Gasteiger charge is 2.64. The molecule has 0 aromatic rings. The Balaban J connectivity index is 1.72. The fourth-order valence-electron chi connectivity index (χ4n) is 3.80. The number of fused-ring (bicyclic) bond motifs is 1. The van der Waals surface area contributed by atoms with Gasteiger partial charge in [0.25, 0.3) is 0 Å². The van der Waals surface area contributed by atoms with Crippen molar-refractivity contribution in [2.24, 2.45) is 0 Å². The standard InChI is InChI=1S/C16H21Br3O3/c1-4-9(17)10-8-11-13(20-10)14(19)16(21-11)7-6-15(3,22-16)12(18)5-2/h1,9-14H,5-8H2,2-3H3/t9?,10-,11-,12+,13+,14?,15+,16?/m1/s1. The Hall–Kier alpha value is 0.880. The van der Waals surface area contributed by atoms with Gasteiger partial charge in [0, 0.05) is 17.7 Å². The first-order valence-corrected chi connectivity index (χ1v) is 10.5. The van der Waals surface area contributed by atoms with Crippen molar-refractivity contribution in [2.45, 2.75) is 83.7 Å². The molecule has 0 saturated carbocycles. The van der Waals surface area contributed by atoms with Crippen LogP contribution in [-0.2, 0) is 14.2 Å². The van der Waals surface area contributed by atoms with E-state index in [1.54, 1.807) is 0 Å². The maximum absolute atomic E-state index is 6.47. The van der Waals surface area contributed by atoms with Crippen LogP contribution in [-0.4, -0.2) is 44.2 Å². The number of alkyl halides is 3. The van der Waals surface area contributed by atoms with Crippen LogP contribution in [0.1, 0.15) is 39.5 Å². The fourth-order valence-corrected chi connectivity index (χ4v) is 5.35. The van der Waals surface area contributed by atoms with Crippen molar-refractivity contribution >= 4 is 47.8 Å². The third-order valence-corrected chi connectivity index (χ3v) is 8.79. The molecular weight excluding hydrogens is 480 g/mol. The lowest BCUT2D eigenvalue weighted by molar-refractivity contribution is -0.235. The van der Waals surface area contributed by atoms with Crippen molar-refractivity contribution in [3.63, 3.8) is 0 Å². The van der Waals surface area contributed by atoms with Gasteiger partial charge in [0.1, 0.15) is 10.9 Å². The molecule has 0 aromatic carbocycles. The summed E-state index contributed by atoms with van der Waals surface area (Å²) >= 11 is 11.0. The molecule has 3 fully saturated rings. The zero-order chi connectivity index (χ0) is 16.1. The van der Waals surface area contributed by atoms with Crippen LogP contribution in [0, 0.1) is 12.3 Å². The first-order chi connectivity index (χ1) is 10.3. The predicted molar refractivity (Wildman–Crippen MR) is 96.9 cm³/mol. The van der Waals surface area contributed by atoms with E-state index in [4.69, 9.17) is 20.6 Å². The largest absolute Gasteiger partial charge is 0.369 e. The van der Waals surface area contributed by atoms with Crippen molar-refractivity contribution in [2.75, 3.05) is 0 Å². The molecular formula is C16H21Br3O3. The normalized spacial score (nSPS) is 50.0. The molecule has 0 aliphatic carbocycles. The average molecular weight is 501 g/mol. The van der Waals surface area contributed by atoms with Gasteiger partial charge >= 0.3 is 0 Å². The molecule has 124 valence electrons. The van der Waals surface area contributed by atoms with E-state index < -0.39 is 5.79 Å². The molecule has 0 amide bonds. The Bertz CT molecular complexity index is 482. The van der Waals surface area contributed by atoms with Crippen LogP contribution in [0.2, 0.25) is 0 Å². The van der Waals surface area contributed by atoms with E-state index in [1.807, 2.05) is 0 Å². The number of ether oxygens (including phenoxy) is 3. The Labute approximate surface area is 157 Å². The van der Waals surface area contributed by atoms with E-state index >= 15 is 0 Å². The predicted octanol–water partition coefficient (Wildman–Crippen LogP) is 4.14. The number of rotatable bonds is 3. The van der Waals surface area contributed by atoms with Gasteiger partial charge in [-0.2, -0.15) is 0 Å². The van der Waals surface area contributed by atoms with Crippen molar-refractivity contribution in [3.8, 4) is 12.3 Å². The minimum Gasteiger partial charge on any atom is -0.369 e. The van der Waals surface area contributed by atoms with Gasteiger partial charge in [-0.25, -0.2) is 0 Å². The van der Waals surface area contributed by atoms with Gasteiger partial charge in [-0.15, -0.1) is 6.42 Å². The molecule has 0 bridgehead atoms. The molecule has 1 spiro atoms. The summed E-state index contributed by atoms with van der Waals surface area (Å²) in [6.45, 7) is 4.33. The molecule has 0 aromatic heterocycles. The lowest BCUT2D eigenvalue weighted by Gasteiger charge is -2.35. The maximum atomic E-state index is 6.47. The van der Waals surface area contributed by atoms with Gasteiger partial charge in [-0.3, -0.25) is 0 Å². The first-order valence-electron chi connectivity index (χ1n) is 7.77.